The van der Waals surface area contributed by atoms with Crippen LogP contribution in [0.5, 0.6) is 0 Å². The van der Waals surface area contributed by atoms with Gasteiger partial charge in [0.2, 0.25) is 5.91 Å². The van der Waals surface area contributed by atoms with E-state index in [0.717, 1.165) is 5.69 Å². The minimum Gasteiger partial charge on any atom is -0.440 e. The molecule has 1 rings (SSSR count). The second-order valence-corrected chi connectivity index (χ2v) is 3.37. The summed E-state index contributed by atoms with van der Waals surface area (Å²) in [7, 11) is 0. The summed E-state index contributed by atoms with van der Waals surface area (Å²) in [4.78, 5) is 14.4. The van der Waals surface area contributed by atoms with Crippen LogP contribution in [0.4, 0.5) is 0 Å². The Morgan fingerprint density at radius 1 is 1.83 bits per heavy atom. The van der Waals surface area contributed by atoms with Crippen molar-refractivity contribution >= 4 is 17.7 Å². The maximum absolute atomic E-state index is 10.4. The number of aryl methyl sites for hydroxylation is 1. The number of nitrogens with zero attached hydrogens (tertiary/aromatic N) is 1. The lowest BCUT2D eigenvalue weighted by molar-refractivity contribution is -0.117. The van der Waals surface area contributed by atoms with Crippen LogP contribution in [0.25, 0.3) is 0 Å². The first-order chi connectivity index (χ1) is 5.68. The number of hydrogen-bond acceptors (Lipinski definition) is 4. The van der Waals surface area contributed by atoms with Gasteiger partial charge < -0.3 is 10.2 Å². The molecule has 0 saturated heterocycles. The molecule has 0 unspecified atom stereocenters. The summed E-state index contributed by atoms with van der Waals surface area (Å²) < 4.78 is 5.05. The smallest absolute Gasteiger partial charge is 0.255 e. The molecule has 2 N–H and O–H groups in total. The van der Waals surface area contributed by atoms with Crippen LogP contribution in [0.2, 0.25) is 0 Å². The highest BCUT2D eigenvalue weighted by atomic mass is 32.2. The lowest BCUT2D eigenvalue weighted by atomic mass is 10.5. The molecule has 0 fully saturated rings. The van der Waals surface area contributed by atoms with Gasteiger partial charge in [0, 0.05) is 12.2 Å². The number of oxazole rings is 1. The Morgan fingerprint density at radius 2 is 2.58 bits per heavy atom. The number of amides is 1. The largest absolute Gasteiger partial charge is 0.440 e. The fraction of sp³-hybridized carbons (Fsp3) is 0.429. The highest BCUT2D eigenvalue weighted by Crippen LogP contribution is 2.16. The lowest BCUT2D eigenvalue weighted by Crippen LogP contribution is -2.10. The van der Waals surface area contributed by atoms with Gasteiger partial charge >= 0.3 is 0 Å². The van der Waals surface area contributed by atoms with Crippen molar-refractivity contribution in [3.05, 3.63) is 12.0 Å². The van der Waals surface area contributed by atoms with Crippen molar-refractivity contribution in [1.82, 2.24) is 4.98 Å². The van der Waals surface area contributed by atoms with Crippen LogP contribution in [-0.4, -0.2) is 16.6 Å². The number of nitrogens with two attached hydrogens (primary N) is 1. The van der Waals surface area contributed by atoms with Crippen LogP contribution >= 0.6 is 11.8 Å². The van der Waals surface area contributed by atoms with E-state index in [4.69, 9.17) is 10.2 Å². The monoisotopic (exact) mass is 186 g/mol. The summed E-state index contributed by atoms with van der Waals surface area (Å²) >= 11 is 1.39. The van der Waals surface area contributed by atoms with E-state index in [-0.39, 0.29) is 5.91 Å². The number of rotatable bonds is 4. The maximum atomic E-state index is 10.4. The van der Waals surface area contributed by atoms with Gasteiger partial charge in [-0.3, -0.25) is 4.79 Å². The van der Waals surface area contributed by atoms with Gasteiger partial charge in [-0.05, 0) is 6.92 Å². The lowest BCUT2D eigenvalue weighted by Gasteiger charge is -1.91. The molecule has 4 nitrogen and oxygen atoms in total. The molecular formula is C7H10N2O2S. The van der Waals surface area contributed by atoms with Crippen LogP contribution in [-0.2, 0) is 4.79 Å². The summed E-state index contributed by atoms with van der Waals surface area (Å²) in [6, 6.07) is 0. The zero-order valence-electron chi connectivity index (χ0n) is 6.74. The average molecular weight is 186 g/mol. The van der Waals surface area contributed by atoms with Crippen molar-refractivity contribution < 1.29 is 9.21 Å². The quantitative estimate of drug-likeness (QED) is 0.711. The zero-order valence-corrected chi connectivity index (χ0v) is 7.56. The van der Waals surface area contributed by atoms with Crippen LogP contribution in [0.15, 0.2) is 15.9 Å². The first kappa shape index (κ1) is 9.12. The summed E-state index contributed by atoms with van der Waals surface area (Å²) in [5.41, 5.74) is 5.80. The molecule has 0 aliphatic rings. The van der Waals surface area contributed by atoms with Gasteiger partial charge in [-0.1, -0.05) is 11.8 Å². The van der Waals surface area contributed by atoms with E-state index in [9.17, 15) is 4.79 Å². The number of carbonyl (C=O) groups is 1. The van der Waals surface area contributed by atoms with Gasteiger partial charge in [0.25, 0.3) is 5.22 Å². The SMILES string of the molecule is Cc1coc(SCCC(N)=O)n1. The fourth-order valence-corrected chi connectivity index (χ4v) is 1.44. The van der Waals surface area contributed by atoms with Gasteiger partial charge in [0.1, 0.15) is 6.26 Å². The molecule has 0 aliphatic heterocycles. The standard InChI is InChI=1S/C7H10N2O2S/c1-5-4-11-7(9-5)12-3-2-6(8)10/h4H,2-3H2,1H3,(H2,8,10). The highest BCUT2D eigenvalue weighted by Gasteiger charge is 2.01. The van der Waals surface area contributed by atoms with E-state index >= 15 is 0 Å². The molecule has 1 aromatic rings. The Labute approximate surface area is 74.5 Å². The first-order valence-electron chi connectivity index (χ1n) is 3.51. The average Bonchev–Trinajstić information content (AvgIpc) is 2.35. The van der Waals surface area contributed by atoms with Crippen LogP contribution in [0.1, 0.15) is 12.1 Å². The van der Waals surface area contributed by atoms with Crippen LogP contribution < -0.4 is 5.73 Å². The Kier molecular flexibility index (Phi) is 3.16. The predicted octanol–water partition coefficient (Wildman–Crippen LogP) is 0.951. The second-order valence-electron chi connectivity index (χ2n) is 2.32. The zero-order chi connectivity index (χ0) is 8.97. The maximum Gasteiger partial charge on any atom is 0.255 e. The van der Waals surface area contributed by atoms with Crippen molar-refractivity contribution in [2.75, 3.05) is 5.75 Å². The summed E-state index contributed by atoms with van der Waals surface area (Å²) in [5, 5.41) is 0.591. The highest BCUT2D eigenvalue weighted by molar-refractivity contribution is 7.99. The Hall–Kier alpha value is -0.970. The molecular weight excluding hydrogens is 176 g/mol. The van der Waals surface area contributed by atoms with Gasteiger partial charge in [-0.15, -0.1) is 0 Å². The van der Waals surface area contributed by atoms with Crippen molar-refractivity contribution in [2.45, 2.75) is 18.6 Å². The number of primary amides is 1. The van der Waals surface area contributed by atoms with E-state index in [0.29, 0.717) is 17.4 Å². The third-order valence-corrected chi connectivity index (χ3v) is 2.01. The molecule has 0 saturated carbocycles. The minimum absolute atomic E-state index is 0.300. The van der Waals surface area contributed by atoms with Gasteiger partial charge in [0.05, 0.1) is 5.69 Å². The minimum atomic E-state index is -0.300. The molecule has 0 bridgehead atoms. The predicted molar refractivity (Wildman–Crippen MR) is 45.8 cm³/mol. The van der Waals surface area contributed by atoms with E-state index in [1.54, 1.807) is 6.26 Å². The molecule has 1 aromatic heterocycles. The van der Waals surface area contributed by atoms with Gasteiger partial charge in [0.15, 0.2) is 0 Å². The van der Waals surface area contributed by atoms with Crippen molar-refractivity contribution in [1.29, 1.82) is 0 Å². The van der Waals surface area contributed by atoms with Crippen molar-refractivity contribution in [3.8, 4) is 0 Å². The number of hydrogen-bond donors (Lipinski definition) is 1. The van der Waals surface area contributed by atoms with E-state index in [2.05, 4.69) is 4.98 Å². The second kappa shape index (κ2) is 4.15. The van der Waals surface area contributed by atoms with E-state index in [1.807, 2.05) is 6.92 Å². The summed E-state index contributed by atoms with van der Waals surface area (Å²) in [6.07, 6.45) is 1.93. The topological polar surface area (TPSA) is 69.1 Å². The third kappa shape index (κ3) is 2.96. The number of thioether (sulfide) groups is 1. The van der Waals surface area contributed by atoms with Gasteiger partial charge in [-0.25, -0.2) is 4.98 Å². The van der Waals surface area contributed by atoms with Crippen LogP contribution in [0.3, 0.4) is 0 Å². The molecule has 0 radical (unpaired) electrons. The molecule has 0 atom stereocenters. The first-order valence-corrected chi connectivity index (χ1v) is 4.50. The van der Waals surface area contributed by atoms with Gasteiger partial charge in [-0.2, -0.15) is 0 Å². The normalized spacial score (nSPS) is 10.1. The van der Waals surface area contributed by atoms with E-state index < -0.39 is 0 Å². The molecule has 0 aromatic carbocycles. The van der Waals surface area contributed by atoms with Crippen LogP contribution in [0, 0.1) is 6.92 Å². The van der Waals surface area contributed by atoms with Crippen molar-refractivity contribution in [2.24, 2.45) is 5.73 Å². The van der Waals surface area contributed by atoms with Crippen molar-refractivity contribution in [3.63, 3.8) is 0 Å². The third-order valence-electron chi connectivity index (χ3n) is 1.17. The Balaban J connectivity index is 2.29. The number of aromatic nitrogens is 1. The molecule has 5 heteroatoms. The molecule has 0 spiro atoms. The summed E-state index contributed by atoms with van der Waals surface area (Å²) in [6.45, 7) is 1.85. The summed E-state index contributed by atoms with van der Waals surface area (Å²) in [5.74, 6) is 0.320. The Bertz CT molecular complexity index is 272. The molecule has 66 valence electrons. The molecule has 1 heterocycles. The molecule has 1 amide bonds. The van der Waals surface area contributed by atoms with E-state index in [1.165, 1.54) is 11.8 Å². The molecule has 12 heavy (non-hydrogen) atoms. The fourth-order valence-electron chi connectivity index (χ4n) is 0.638. The molecule has 0 aliphatic carbocycles. The Morgan fingerprint density at radius 3 is 3.08 bits per heavy atom. The number of carbonyl (C=O) groups excluding carboxylic acids is 1.